The second kappa shape index (κ2) is 8.86. The summed E-state index contributed by atoms with van der Waals surface area (Å²) in [6.07, 6.45) is 1.07. The van der Waals surface area contributed by atoms with E-state index in [0.29, 0.717) is 44.7 Å². The lowest BCUT2D eigenvalue weighted by molar-refractivity contribution is -0.129. The van der Waals surface area contributed by atoms with E-state index in [1.807, 2.05) is 19.1 Å². The van der Waals surface area contributed by atoms with Gasteiger partial charge in [0.05, 0.1) is 5.54 Å². The van der Waals surface area contributed by atoms with E-state index < -0.39 is 5.54 Å². The number of halogens is 1. The summed E-state index contributed by atoms with van der Waals surface area (Å²) < 4.78 is 5.24. The first-order valence-corrected chi connectivity index (χ1v) is 7.57. The topological polar surface area (TPSA) is 93.5 Å². The molecule has 7 heteroatoms. The van der Waals surface area contributed by atoms with Gasteiger partial charge < -0.3 is 21.1 Å². The molecule has 1 aromatic carbocycles. The molecule has 23 heavy (non-hydrogen) atoms. The summed E-state index contributed by atoms with van der Waals surface area (Å²) in [6.45, 7) is 3.91. The van der Waals surface area contributed by atoms with Crippen LogP contribution in [-0.4, -0.2) is 37.1 Å². The van der Waals surface area contributed by atoms with Crippen molar-refractivity contribution in [1.29, 1.82) is 0 Å². The van der Waals surface area contributed by atoms with Crippen molar-refractivity contribution >= 4 is 24.2 Å². The van der Waals surface area contributed by atoms with Crippen molar-refractivity contribution in [2.24, 2.45) is 5.73 Å². The Morgan fingerprint density at radius 1 is 1.17 bits per heavy atom. The summed E-state index contributed by atoms with van der Waals surface area (Å²) in [6, 6.07) is 7.16. The van der Waals surface area contributed by atoms with Gasteiger partial charge in [-0.15, -0.1) is 12.4 Å². The summed E-state index contributed by atoms with van der Waals surface area (Å²) in [5.74, 6) is -0.246. The Hall–Kier alpha value is -1.63. The van der Waals surface area contributed by atoms with Crippen LogP contribution in [-0.2, 0) is 16.1 Å². The molecule has 0 radical (unpaired) electrons. The summed E-state index contributed by atoms with van der Waals surface area (Å²) in [4.78, 5) is 23.9. The average Bonchev–Trinajstić information content (AvgIpc) is 2.54. The van der Waals surface area contributed by atoms with Crippen molar-refractivity contribution in [3.8, 4) is 0 Å². The van der Waals surface area contributed by atoms with E-state index in [0.717, 1.165) is 5.56 Å². The Kier molecular flexibility index (Phi) is 7.48. The lowest BCUT2D eigenvalue weighted by atomic mass is 9.90. The smallest absolute Gasteiger partial charge is 0.251 e. The van der Waals surface area contributed by atoms with Gasteiger partial charge in [0.15, 0.2) is 0 Å². The van der Waals surface area contributed by atoms with E-state index in [2.05, 4.69) is 10.6 Å². The monoisotopic (exact) mass is 341 g/mol. The molecule has 1 aromatic rings. The molecule has 2 rings (SSSR count). The number of carbonyl (C=O) groups is 2. The Bertz CT molecular complexity index is 528. The van der Waals surface area contributed by atoms with Gasteiger partial charge in [-0.3, -0.25) is 9.59 Å². The fourth-order valence-corrected chi connectivity index (χ4v) is 2.36. The Morgan fingerprint density at radius 2 is 1.78 bits per heavy atom. The van der Waals surface area contributed by atoms with Gasteiger partial charge >= 0.3 is 0 Å². The van der Waals surface area contributed by atoms with Gasteiger partial charge in [0.1, 0.15) is 0 Å². The number of nitrogens with two attached hydrogens (primary N) is 1. The second-order valence-corrected chi connectivity index (χ2v) is 5.51. The van der Waals surface area contributed by atoms with Crippen molar-refractivity contribution in [1.82, 2.24) is 10.6 Å². The third-order valence-electron chi connectivity index (χ3n) is 3.84. The number of ether oxygens (including phenoxy) is 1. The third-order valence-corrected chi connectivity index (χ3v) is 3.84. The predicted octanol–water partition coefficient (Wildman–Crippen LogP) is 0.982. The van der Waals surface area contributed by atoms with Crippen molar-refractivity contribution in [2.75, 3.05) is 19.8 Å². The molecule has 128 valence electrons. The zero-order valence-electron chi connectivity index (χ0n) is 13.3. The van der Waals surface area contributed by atoms with Gasteiger partial charge in [-0.1, -0.05) is 12.1 Å². The maximum atomic E-state index is 12.2. The molecule has 0 saturated carbocycles. The maximum Gasteiger partial charge on any atom is 0.251 e. The largest absolute Gasteiger partial charge is 0.381 e. The lowest BCUT2D eigenvalue weighted by Gasteiger charge is -2.31. The van der Waals surface area contributed by atoms with Crippen molar-refractivity contribution in [3.63, 3.8) is 0 Å². The van der Waals surface area contributed by atoms with Crippen LogP contribution >= 0.6 is 12.4 Å². The van der Waals surface area contributed by atoms with Crippen LogP contribution in [0.25, 0.3) is 0 Å². The number of benzene rings is 1. The molecule has 4 N–H and O–H groups in total. The fraction of sp³-hybridized carbons (Fsp3) is 0.500. The number of nitrogens with one attached hydrogen (secondary N) is 2. The van der Waals surface area contributed by atoms with Crippen LogP contribution in [0.3, 0.4) is 0 Å². The van der Waals surface area contributed by atoms with E-state index in [-0.39, 0.29) is 24.2 Å². The molecule has 0 aromatic heterocycles. The molecule has 1 aliphatic rings. The Balaban J connectivity index is 0.00000264. The Morgan fingerprint density at radius 3 is 2.35 bits per heavy atom. The highest BCUT2D eigenvalue weighted by molar-refractivity contribution is 5.94. The van der Waals surface area contributed by atoms with Gasteiger partial charge in [-0.05, 0) is 37.5 Å². The highest BCUT2D eigenvalue weighted by Gasteiger charge is 2.35. The van der Waals surface area contributed by atoms with E-state index in [9.17, 15) is 9.59 Å². The molecule has 1 aliphatic heterocycles. The maximum absolute atomic E-state index is 12.2. The molecule has 0 unspecified atom stereocenters. The first-order chi connectivity index (χ1) is 10.5. The SMILES string of the molecule is CCNC(=O)c1ccc(CNC(=O)C2(N)CCOCC2)cc1.Cl. The molecule has 0 spiro atoms. The summed E-state index contributed by atoms with van der Waals surface area (Å²) in [5, 5.41) is 5.61. The van der Waals surface area contributed by atoms with Crippen LogP contribution in [0.2, 0.25) is 0 Å². The van der Waals surface area contributed by atoms with Crippen molar-refractivity contribution in [2.45, 2.75) is 31.8 Å². The third kappa shape index (κ3) is 5.20. The standard InChI is InChI=1S/C16H23N3O3.ClH/c1-2-18-14(20)13-5-3-12(4-6-13)11-19-15(21)16(17)7-9-22-10-8-16;/h3-6H,2,7-11,17H2,1H3,(H,18,20)(H,19,21);1H. The van der Waals surface area contributed by atoms with Crippen LogP contribution in [0.15, 0.2) is 24.3 Å². The lowest BCUT2D eigenvalue weighted by Crippen LogP contribution is -2.56. The number of hydrogen-bond acceptors (Lipinski definition) is 4. The zero-order valence-corrected chi connectivity index (χ0v) is 14.1. The molecule has 0 atom stereocenters. The van der Waals surface area contributed by atoms with Crippen LogP contribution in [0.5, 0.6) is 0 Å². The van der Waals surface area contributed by atoms with Crippen molar-refractivity contribution in [3.05, 3.63) is 35.4 Å². The average molecular weight is 342 g/mol. The number of carbonyl (C=O) groups excluding carboxylic acids is 2. The number of amides is 2. The highest BCUT2D eigenvalue weighted by atomic mass is 35.5. The normalized spacial score (nSPS) is 16.1. The number of hydrogen-bond donors (Lipinski definition) is 3. The van der Waals surface area contributed by atoms with Crippen LogP contribution in [0.1, 0.15) is 35.7 Å². The minimum absolute atomic E-state index is 0. The van der Waals surface area contributed by atoms with Crippen LogP contribution < -0.4 is 16.4 Å². The van der Waals surface area contributed by atoms with Gasteiger partial charge in [-0.2, -0.15) is 0 Å². The van der Waals surface area contributed by atoms with Gasteiger partial charge in [0.25, 0.3) is 5.91 Å². The first-order valence-electron chi connectivity index (χ1n) is 7.57. The molecule has 1 fully saturated rings. The van der Waals surface area contributed by atoms with Crippen LogP contribution in [0, 0.1) is 0 Å². The van der Waals surface area contributed by atoms with Gasteiger partial charge in [0.2, 0.25) is 5.91 Å². The summed E-state index contributed by atoms with van der Waals surface area (Å²) >= 11 is 0. The van der Waals surface area contributed by atoms with Crippen LogP contribution in [0.4, 0.5) is 0 Å². The zero-order chi connectivity index (χ0) is 16.0. The van der Waals surface area contributed by atoms with E-state index in [1.165, 1.54) is 0 Å². The van der Waals surface area contributed by atoms with E-state index in [4.69, 9.17) is 10.5 Å². The fourth-order valence-electron chi connectivity index (χ4n) is 2.36. The first kappa shape index (κ1) is 19.4. The van der Waals surface area contributed by atoms with E-state index >= 15 is 0 Å². The predicted molar refractivity (Wildman–Crippen MR) is 90.5 cm³/mol. The molecular formula is C16H24ClN3O3. The van der Waals surface area contributed by atoms with Crippen molar-refractivity contribution < 1.29 is 14.3 Å². The van der Waals surface area contributed by atoms with Gasteiger partial charge in [0, 0.05) is 31.9 Å². The second-order valence-electron chi connectivity index (χ2n) is 5.51. The molecule has 0 bridgehead atoms. The molecule has 1 saturated heterocycles. The summed E-state index contributed by atoms with van der Waals surface area (Å²) in [5.41, 5.74) is 6.82. The molecule has 2 amide bonds. The number of rotatable bonds is 5. The summed E-state index contributed by atoms with van der Waals surface area (Å²) in [7, 11) is 0. The quantitative estimate of drug-likeness (QED) is 0.744. The molecule has 6 nitrogen and oxygen atoms in total. The van der Waals surface area contributed by atoms with Gasteiger partial charge in [-0.25, -0.2) is 0 Å². The minimum Gasteiger partial charge on any atom is -0.381 e. The molecule has 0 aliphatic carbocycles. The van der Waals surface area contributed by atoms with E-state index in [1.54, 1.807) is 12.1 Å². The Labute approximate surface area is 142 Å². The minimum atomic E-state index is -0.834. The molecular weight excluding hydrogens is 318 g/mol. The molecule has 1 heterocycles. The highest BCUT2D eigenvalue weighted by Crippen LogP contribution is 2.18.